The summed E-state index contributed by atoms with van der Waals surface area (Å²) in [6, 6.07) is 10.4. The Morgan fingerprint density at radius 2 is 1.84 bits per heavy atom. The first-order valence-electron chi connectivity index (χ1n) is 11.0. The SMILES string of the molecule is Cc1ccc(OCC(=O)N(Cc2ccc(Cl)cc2Cl)[C@H](C)C(=O)NC2CCCC2)c(C)c1. The van der Waals surface area contributed by atoms with Crippen molar-refractivity contribution < 1.29 is 14.3 Å². The monoisotopic (exact) mass is 476 g/mol. The van der Waals surface area contributed by atoms with Crippen LogP contribution in [0.5, 0.6) is 5.75 Å². The Bertz CT molecular complexity index is 974. The van der Waals surface area contributed by atoms with Crippen molar-refractivity contribution in [3.05, 3.63) is 63.1 Å². The fourth-order valence-corrected chi connectivity index (χ4v) is 4.46. The van der Waals surface area contributed by atoms with Gasteiger partial charge in [-0.2, -0.15) is 0 Å². The lowest BCUT2D eigenvalue weighted by Gasteiger charge is -2.30. The van der Waals surface area contributed by atoms with E-state index in [2.05, 4.69) is 5.32 Å². The summed E-state index contributed by atoms with van der Waals surface area (Å²) in [5.41, 5.74) is 2.80. The number of halogens is 2. The number of carbonyl (C=O) groups is 2. The smallest absolute Gasteiger partial charge is 0.261 e. The van der Waals surface area contributed by atoms with E-state index >= 15 is 0 Å². The number of aryl methyl sites for hydroxylation is 2. The molecule has 0 saturated heterocycles. The van der Waals surface area contributed by atoms with Gasteiger partial charge in [-0.1, -0.05) is 59.8 Å². The minimum Gasteiger partial charge on any atom is -0.483 e. The van der Waals surface area contributed by atoms with E-state index in [1.54, 1.807) is 25.1 Å². The van der Waals surface area contributed by atoms with E-state index in [0.29, 0.717) is 15.8 Å². The van der Waals surface area contributed by atoms with Crippen LogP contribution >= 0.6 is 23.2 Å². The maximum Gasteiger partial charge on any atom is 0.261 e. The predicted octanol–water partition coefficient (Wildman–Crippen LogP) is 5.47. The molecule has 0 aromatic heterocycles. The summed E-state index contributed by atoms with van der Waals surface area (Å²) in [5.74, 6) is 0.198. The molecule has 2 amide bonds. The van der Waals surface area contributed by atoms with Crippen LogP contribution in [-0.2, 0) is 16.1 Å². The van der Waals surface area contributed by atoms with Crippen LogP contribution in [0.15, 0.2) is 36.4 Å². The molecular weight excluding hydrogens is 447 g/mol. The molecule has 5 nitrogen and oxygen atoms in total. The number of ether oxygens (including phenoxy) is 1. The third-order valence-electron chi connectivity index (χ3n) is 5.91. The quantitative estimate of drug-likeness (QED) is 0.549. The molecule has 0 unspecified atom stereocenters. The molecule has 0 heterocycles. The fourth-order valence-electron chi connectivity index (χ4n) is 3.99. The minimum atomic E-state index is -0.669. The molecule has 1 fully saturated rings. The fraction of sp³-hybridized carbons (Fsp3) is 0.440. The Balaban J connectivity index is 1.76. The standard InChI is InChI=1S/C25H30Cl2N2O3/c1-16-8-11-23(17(2)12-16)32-15-24(30)29(14-19-9-10-20(26)13-22(19)27)18(3)25(31)28-21-6-4-5-7-21/h8-13,18,21H,4-7,14-15H2,1-3H3,(H,28,31)/t18-/m1/s1. The molecule has 1 atom stereocenters. The van der Waals surface area contributed by atoms with Crippen molar-refractivity contribution in [1.82, 2.24) is 10.2 Å². The number of benzene rings is 2. The molecule has 7 heteroatoms. The molecule has 32 heavy (non-hydrogen) atoms. The molecule has 2 aromatic rings. The van der Waals surface area contributed by atoms with Crippen LogP contribution in [0.3, 0.4) is 0 Å². The van der Waals surface area contributed by atoms with Crippen LogP contribution in [-0.4, -0.2) is 35.4 Å². The molecule has 2 aromatic carbocycles. The Morgan fingerprint density at radius 1 is 1.12 bits per heavy atom. The highest BCUT2D eigenvalue weighted by Crippen LogP contribution is 2.24. The maximum absolute atomic E-state index is 13.2. The maximum atomic E-state index is 13.2. The Labute approximate surface area is 200 Å². The van der Waals surface area contributed by atoms with E-state index in [9.17, 15) is 9.59 Å². The molecule has 0 spiro atoms. The summed E-state index contributed by atoms with van der Waals surface area (Å²) in [6.07, 6.45) is 4.19. The van der Waals surface area contributed by atoms with E-state index in [4.69, 9.17) is 27.9 Å². The summed E-state index contributed by atoms with van der Waals surface area (Å²) in [6.45, 7) is 5.70. The van der Waals surface area contributed by atoms with Crippen molar-refractivity contribution in [3.8, 4) is 5.75 Å². The van der Waals surface area contributed by atoms with Crippen molar-refractivity contribution in [2.75, 3.05) is 6.61 Å². The van der Waals surface area contributed by atoms with Gasteiger partial charge in [-0.25, -0.2) is 0 Å². The number of nitrogens with one attached hydrogen (secondary N) is 1. The van der Waals surface area contributed by atoms with Crippen molar-refractivity contribution in [3.63, 3.8) is 0 Å². The highest BCUT2D eigenvalue weighted by atomic mass is 35.5. The van der Waals surface area contributed by atoms with Crippen LogP contribution in [0, 0.1) is 13.8 Å². The van der Waals surface area contributed by atoms with E-state index in [1.165, 1.54) is 4.90 Å². The van der Waals surface area contributed by atoms with E-state index < -0.39 is 6.04 Å². The topological polar surface area (TPSA) is 58.6 Å². The van der Waals surface area contributed by atoms with Gasteiger partial charge in [-0.15, -0.1) is 0 Å². The minimum absolute atomic E-state index is 0.165. The van der Waals surface area contributed by atoms with E-state index in [-0.39, 0.29) is 31.0 Å². The van der Waals surface area contributed by atoms with Gasteiger partial charge in [-0.05, 0) is 62.9 Å². The van der Waals surface area contributed by atoms with Crippen LogP contribution in [0.1, 0.15) is 49.3 Å². The second-order valence-corrected chi connectivity index (χ2v) is 9.32. The van der Waals surface area contributed by atoms with Gasteiger partial charge in [0.1, 0.15) is 11.8 Å². The zero-order chi connectivity index (χ0) is 23.3. The zero-order valence-corrected chi connectivity index (χ0v) is 20.3. The second-order valence-electron chi connectivity index (χ2n) is 8.48. The van der Waals surface area contributed by atoms with Gasteiger partial charge in [0, 0.05) is 22.6 Å². The third-order valence-corrected chi connectivity index (χ3v) is 6.49. The summed E-state index contributed by atoms with van der Waals surface area (Å²) >= 11 is 12.4. The number of hydrogen-bond donors (Lipinski definition) is 1. The van der Waals surface area contributed by atoms with Gasteiger partial charge in [-0.3, -0.25) is 9.59 Å². The van der Waals surface area contributed by atoms with Crippen molar-refractivity contribution >= 4 is 35.0 Å². The normalized spacial score (nSPS) is 14.8. The highest BCUT2D eigenvalue weighted by Gasteiger charge is 2.29. The van der Waals surface area contributed by atoms with Crippen molar-refractivity contribution in [1.29, 1.82) is 0 Å². The predicted molar refractivity (Wildman–Crippen MR) is 128 cm³/mol. The first-order valence-corrected chi connectivity index (χ1v) is 11.7. The first kappa shape index (κ1) is 24.4. The lowest BCUT2D eigenvalue weighted by Crippen LogP contribution is -2.50. The van der Waals surface area contributed by atoms with E-state index in [1.807, 2.05) is 32.0 Å². The molecule has 1 aliphatic rings. The highest BCUT2D eigenvalue weighted by molar-refractivity contribution is 6.35. The van der Waals surface area contributed by atoms with Gasteiger partial charge in [0.15, 0.2) is 6.61 Å². The Kier molecular flexibility index (Phi) is 8.44. The second kappa shape index (κ2) is 11.1. The summed E-state index contributed by atoms with van der Waals surface area (Å²) in [4.78, 5) is 27.7. The molecule has 0 bridgehead atoms. The zero-order valence-electron chi connectivity index (χ0n) is 18.8. The lowest BCUT2D eigenvalue weighted by atomic mass is 10.1. The molecule has 0 radical (unpaired) electrons. The van der Waals surface area contributed by atoms with Gasteiger partial charge < -0.3 is 15.0 Å². The lowest BCUT2D eigenvalue weighted by molar-refractivity contribution is -0.142. The number of rotatable bonds is 8. The number of carbonyl (C=O) groups excluding carboxylic acids is 2. The van der Waals surface area contributed by atoms with Crippen molar-refractivity contribution in [2.45, 2.75) is 65.1 Å². The number of amides is 2. The van der Waals surface area contributed by atoms with Gasteiger partial charge >= 0.3 is 0 Å². The van der Waals surface area contributed by atoms with E-state index in [0.717, 1.165) is 42.4 Å². The molecule has 1 saturated carbocycles. The van der Waals surface area contributed by atoms with Crippen LogP contribution in [0.4, 0.5) is 0 Å². The average Bonchev–Trinajstić information content (AvgIpc) is 3.25. The molecule has 3 rings (SSSR count). The molecule has 1 N–H and O–H groups in total. The Hall–Kier alpha value is -2.24. The van der Waals surface area contributed by atoms with Crippen LogP contribution in [0.25, 0.3) is 0 Å². The number of hydrogen-bond acceptors (Lipinski definition) is 3. The van der Waals surface area contributed by atoms with Crippen LogP contribution in [0.2, 0.25) is 10.0 Å². The summed E-state index contributed by atoms with van der Waals surface area (Å²) in [5, 5.41) is 4.05. The number of nitrogens with zero attached hydrogens (tertiary/aromatic N) is 1. The average molecular weight is 477 g/mol. The van der Waals surface area contributed by atoms with Gasteiger partial charge in [0.2, 0.25) is 5.91 Å². The molecule has 172 valence electrons. The molecule has 0 aliphatic heterocycles. The Morgan fingerprint density at radius 3 is 2.50 bits per heavy atom. The first-order chi connectivity index (χ1) is 15.2. The molecular formula is C25H30Cl2N2O3. The largest absolute Gasteiger partial charge is 0.483 e. The van der Waals surface area contributed by atoms with Gasteiger partial charge in [0.05, 0.1) is 0 Å². The summed E-state index contributed by atoms with van der Waals surface area (Å²) < 4.78 is 5.81. The summed E-state index contributed by atoms with van der Waals surface area (Å²) in [7, 11) is 0. The van der Waals surface area contributed by atoms with Crippen LogP contribution < -0.4 is 10.1 Å². The third kappa shape index (κ3) is 6.39. The van der Waals surface area contributed by atoms with Gasteiger partial charge in [0.25, 0.3) is 5.91 Å². The molecule has 1 aliphatic carbocycles. The van der Waals surface area contributed by atoms with Crippen molar-refractivity contribution in [2.24, 2.45) is 0 Å².